The maximum Gasteiger partial charge on any atom is 0.100 e. The van der Waals surface area contributed by atoms with Crippen molar-refractivity contribution in [2.24, 2.45) is 0 Å². The normalized spacial score (nSPS) is 32.4. The molecule has 3 heterocycles. The first-order chi connectivity index (χ1) is 8.43. The molecular weight excluding hydrogens is 216 g/mol. The minimum atomic E-state index is 0.169. The van der Waals surface area contributed by atoms with Gasteiger partial charge in [-0.25, -0.2) is 0 Å². The fourth-order valence-corrected chi connectivity index (χ4v) is 2.60. The van der Waals surface area contributed by atoms with Gasteiger partial charge in [0, 0.05) is 25.4 Å². The Morgan fingerprint density at radius 1 is 1.47 bits per heavy atom. The van der Waals surface area contributed by atoms with Crippen LogP contribution in [0.5, 0.6) is 0 Å². The summed E-state index contributed by atoms with van der Waals surface area (Å²) in [6.07, 6.45) is 4.55. The van der Waals surface area contributed by atoms with Gasteiger partial charge in [0.2, 0.25) is 0 Å². The van der Waals surface area contributed by atoms with Crippen LogP contribution in [-0.4, -0.2) is 36.4 Å². The average Bonchev–Trinajstić information content (AvgIpc) is 2.81. The molecule has 1 aromatic rings. The van der Waals surface area contributed by atoms with Crippen molar-refractivity contribution in [2.45, 2.75) is 37.7 Å². The molecule has 2 aliphatic heterocycles. The molecule has 4 heteroatoms. The molecular formula is C13H18N2O2. The van der Waals surface area contributed by atoms with E-state index in [1.165, 1.54) is 6.42 Å². The smallest absolute Gasteiger partial charge is 0.100 e. The molecule has 0 bridgehead atoms. The molecule has 1 aromatic heterocycles. The second-order valence-corrected chi connectivity index (χ2v) is 4.66. The number of nitrogens with zero attached hydrogens (tertiary/aromatic N) is 1. The lowest BCUT2D eigenvalue weighted by atomic mass is 10.0. The van der Waals surface area contributed by atoms with Crippen LogP contribution in [-0.2, 0) is 16.1 Å². The summed E-state index contributed by atoms with van der Waals surface area (Å²) in [5.74, 6) is 0. The van der Waals surface area contributed by atoms with Crippen molar-refractivity contribution in [3.63, 3.8) is 0 Å². The van der Waals surface area contributed by atoms with Crippen LogP contribution in [0.25, 0.3) is 0 Å². The highest BCUT2D eigenvalue weighted by Crippen LogP contribution is 2.24. The Labute approximate surface area is 101 Å². The number of fused-ring (bicyclic) bond motifs is 1. The van der Waals surface area contributed by atoms with Gasteiger partial charge in [-0.3, -0.25) is 4.98 Å². The van der Waals surface area contributed by atoms with Gasteiger partial charge in [-0.1, -0.05) is 6.07 Å². The highest BCUT2D eigenvalue weighted by molar-refractivity contribution is 5.02. The number of hydrogen-bond acceptors (Lipinski definition) is 4. The van der Waals surface area contributed by atoms with Crippen LogP contribution in [0.3, 0.4) is 0 Å². The van der Waals surface area contributed by atoms with E-state index in [1.807, 2.05) is 18.2 Å². The maximum absolute atomic E-state index is 5.91. The van der Waals surface area contributed by atoms with E-state index in [4.69, 9.17) is 9.47 Å². The van der Waals surface area contributed by atoms with Gasteiger partial charge in [0.25, 0.3) is 0 Å². The molecule has 0 unspecified atom stereocenters. The van der Waals surface area contributed by atoms with Crippen LogP contribution < -0.4 is 5.32 Å². The summed E-state index contributed by atoms with van der Waals surface area (Å²) in [5, 5.41) is 3.47. The minimum absolute atomic E-state index is 0.169. The van der Waals surface area contributed by atoms with Crippen LogP contribution in [0.1, 0.15) is 18.5 Å². The lowest BCUT2D eigenvalue weighted by Crippen LogP contribution is -2.40. The van der Waals surface area contributed by atoms with Crippen molar-refractivity contribution < 1.29 is 9.47 Å². The summed E-state index contributed by atoms with van der Waals surface area (Å²) >= 11 is 0. The van der Waals surface area contributed by atoms with Crippen LogP contribution >= 0.6 is 0 Å². The molecule has 2 aliphatic rings. The quantitative estimate of drug-likeness (QED) is 0.851. The number of pyridine rings is 1. The predicted octanol–water partition coefficient (Wildman–Crippen LogP) is 1.12. The number of nitrogens with one attached hydrogen (secondary N) is 1. The van der Waals surface area contributed by atoms with Gasteiger partial charge in [0.05, 0.1) is 18.4 Å². The first-order valence-electron chi connectivity index (χ1n) is 6.30. The Morgan fingerprint density at radius 2 is 2.47 bits per heavy atom. The summed E-state index contributed by atoms with van der Waals surface area (Å²) in [6.45, 7) is 2.33. The third-order valence-corrected chi connectivity index (χ3v) is 3.49. The van der Waals surface area contributed by atoms with Gasteiger partial charge in [0.15, 0.2) is 0 Å². The molecule has 2 saturated heterocycles. The summed E-state index contributed by atoms with van der Waals surface area (Å²) in [6, 6.07) is 6.37. The maximum atomic E-state index is 5.91. The van der Waals surface area contributed by atoms with E-state index in [1.54, 1.807) is 6.20 Å². The van der Waals surface area contributed by atoms with Crippen molar-refractivity contribution in [3.05, 3.63) is 30.1 Å². The molecule has 3 rings (SSSR count). The molecule has 17 heavy (non-hydrogen) atoms. The Morgan fingerprint density at radius 3 is 3.35 bits per heavy atom. The van der Waals surface area contributed by atoms with Gasteiger partial charge in [0.1, 0.15) is 6.10 Å². The van der Waals surface area contributed by atoms with Crippen molar-refractivity contribution >= 4 is 0 Å². The van der Waals surface area contributed by atoms with E-state index in [2.05, 4.69) is 10.3 Å². The zero-order valence-corrected chi connectivity index (χ0v) is 9.84. The first kappa shape index (κ1) is 11.1. The van der Waals surface area contributed by atoms with E-state index in [0.717, 1.165) is 25.3 Å². The molecule has 0 aliphatic carbocycles. The summed E-state index contributed by atoms with van der Waals surface area (Å²) in [4.78, 5) is 4.26. The lowest BCUT2D eigenvalue weighted by Gasteiger charge is -2.28. The molecule has 0 amide bonds. The number of hydrogen-bond donors (Lipinski definition) is 1. The van der Waals surface area contributed by atoms with E-state index in [0.29, 0.717) is 12.6 Å². The van der Waals surface area contributed by atoms with Crippen molar-refractivity contribution in [2.75, 3.05) is 13.2 Å². The van der Waals surface area contributed by atoms with Crippen molar-refractivity contribution in [1.82, 2.24) is 10.3 Å². The standard InChI is InChI=1S/C13H18N2O2/c1-2-6-14-10(4-1)9-17-12-8-15-11-5-3-7-16-13(11)12/h1-2,4,6,11-13,15H,3,5,7-9H2/t11-,12-,13+/m0/s1. The van der Waals surface area contributed by atoms with E-state index < -0.39 is 0 Å². The number of rotatable bonds is 3. The molecule has 0 spiro atoms. The molecule has 2 fully saturated rings. The molecule has 0 aromatic carbocycles. The van der Waals surface area contributed by atoms with E-state index >= 15 is 0 Å². The van der Waals surface area contributed by atoms with Crippen molar-refractivity contribution in [1.29, 1.82) is 0 Å². The van der Waals surface area contributed by atoms with Gasteiger partial charge < -0.3 is 14.8 Å². The van der Waals surface area contributed by atoms with Crippen molar-refractivity contribution in [3.8, 4) is 0 Å². The van der Waals surface area contributed by atoms with E-state index in [-0.39, 0.29) is 12.2 Å². The van der Waals surface area contributed by atoms with Crippen LogP contribution in [0, 0.1) is 0 Å². The molecule has 4 nitrogen and oxygen atoms in total. The summed E-state index contributed by atoms with van der Waals surface area (Å²) < 4.78 is 11.7. The third-order valence-electron chi connectivity index (χ3n) is 3.49. The van der Waals surface area contributed by atoms with E-state index in [9.17, 15) is 0 Å². The number of ether oxygens (including phenoxy) is 2. The Hall–Kier alpha value is -0.970. The van der Waals surface area contributed by atoms with Gasteiger partial charge in [-0.2, -0.15) is 0 Å². The molecule has 0 radical (unpaired) electrons. The van der Waals surface area contributed by atoms with Gasteiger partial charge in [-0.05, 0) is 25.0 Å². The topological polar surface area (TPSA) is 43.4 Å². The summed E-state index contributed by atoms with van der Waals surface area (Å²) in [5.41, 5.74) is 0.978. The molecule has 0 saturated carbocycles. The second kappa shape index (κ2) is 5.12. The highest BCUT2D eigenvalue weighted by Gasteiger charge is 2.39. The number of aromatic nitrogens is 1. The van der Waals surface area contributed by atoms with Crippen LogP contribution in [0.4, 0.5) is 0 Å². The van der Waals surface area contributed by atoms with Gasteiger partial charge in [-0.15, -0.1) is 0 Å². The van der Waals surface area contributed by atoms with Crippen LogP contribution in [0.15, 0.2) is 24.4 Å². The highest BCUT2D eigenvalue weighted by atomic mass is 16.5. The SMILES string of the molecule is c1ccc(CO[C@H]2CN[C@H]3CCCO[C@H]32)nc1. The first-order valence-corrected chi connectivity index (χ1v) is 6.30. The Bertz CT molecular complexity index is 358. The van der Waals surface area contributed by atoms with Crippen LogP contribution in [0.2, 0.25) is 0 Å². The minimum Gasteiger partial charge on any atom is -0.374 e. The molecule has 1 N–H and O–H groups in total. The lowest BCUT2D eigenvalue weighted by molar-refractivity contribution is -0.0794. The zero-order valence-electron chi connectivity index (χ0n) is 9.84. The molecule has 3 atom stereocenters. The fourth-order valence-electron chi connectivity index (χ4n) is 2.60. The summed E-state index contributed by atoms with van der Waals surface area (Å²) in [7, 11) is 0. The second-order valence-electron chi connectivity index (χ2n) is 4.66. The zero-order chi connectivity index (χ0) is 11.5. The van der Waals surface area contributed by atoms with Gasteiger partial charge >= 0.3 is 0 Å². The Balaban J connectivity index is 1.55. The average molecular weight is 234 g/mol. The third kappa shape index (κ3) is 2.49. The largest absolute Gasteiger partial charge is 0.374 e. The Kier molecular flexibility index (Phi) is 3.36. The fraction of sp³-hybridized carbons (Fsp3) is 0.615. The predicted molar refractivity (Wildman–Crippen MR) is 63.6 cm³/mol. The monoisotopic (exact) mass is 234 g/mol. The molecule has 92 valence electrons.